The summed E-state index contributed by atoms with van der Waals surface area (Å²) in [6, 6.07) is 4.57. The van der Waals surface area contributed by atoms with E-state index in [1.807, 2.05) is 6.92 Å². The molecule has 1 amide bonds. The van der Waals surface area contributed by atoms with Crippen molar-refractivity contribution in [1.82, 2.24) is 25.3 Å². The van der Waals surface area contributed by atoms with Gasteiger partial charge in [0.15, 0.2) is 0 Å². The molecule has 1 aromatic carbocycles. The lowest BCUT2D eigenvalue weighted by molar-refractivity contribution is 0.168. The van der Waals surface area contributed by atoms with E-state index in [1.54, 1.807) is 18.3 Å². The van der Waals surface area contributed by atoms with E-state index in [0.717, 1.165) is 24.9 Å². The predicted molar refractivity (Wildman–Crippen MR) is 139 cm³/mol. The summed E-state index contributed by atoms with van der Waals surface area (Å²) in [7, 11) is -2.29. The lowest BCUT2D eigenvalue weighted by Crippen LogP contribution is -2.37. The number of rotatable bonds is 9. The van der Waals surface area contributed by atoms with Gasteiger partial charge in [-0.3, -0.25) is 4.72 Å². The molecule has 14 heteroatoms. The Morgan fingerprint density at radius 2 is 2.03 bits per heavy atom. The van der Waals surface area contributed by atoms with Gasteiger partial charge in [0.05, 0.1) is 41.2 Å². The zero-order valence-corrected chi connectivity index (χ0v) is 22.1. The van der Waals surface area contributed by atoms with Gasteiger partial charge in [-0.15, -0.1) is 0 Å². The number of nitrogens with one attached hydrogen (secondary N) is 4. The first kappa shape index (κ1) is 26.0. The highest BCUT2D eigenvalue weighted by Crippen LogP contribution is 2.44. The molecule has 0 saturated heterocycles. The van der Waals surface area contributed by atoms with Crippen molar-refractivity contribution >= 4 is 51.0 Å². The Hall–Kier alpha value is -3.09. The van der Waals surface area contributed by atoms with Crippen LogP contribution < -0.4 is 15.4 Å². The predicted octanol–water partition coefficient (Wildman–Crippen LogP) is 4.25. The molecule has 192 valence electrons. The minimum absolute atomic E-state index is 0.153. The second-order valence-electron chi connectivity index (χ2n) is 8.49. The summed E-state index contributed by atoms with van der Waals surface area (Å²) >= 11 is 12.9. The summed E-state index contributed by atoms with van der Waals surface area (Å²) in [6.07, 6.45) is 4.13. The van der Waals surface area contributed by atoms with E-state index in [2.05, 4.69) is 35.0 Å². The third kappa shape index (κ3) is 6.37. The van der Waals surface area contributed by atoms with E-state index in [-0.39, 0.29) is 16.8 Å². The van der Waals surface area contributed by atoms with Crippen LogP contribution in [0.5, 0.6) is 0 Å². The van der Waals surface area contributed by atoms with Gasteiger partial charge in [0.2, 0.25) is 16.0 Å². The molecule has 2 heterocycles. The number of sulfonamides is 1. The topological polar surface area (TPSA) is 151 Å². The average Bonchev–Trinajstić information content (AvgIpc) is 3.57. The highest BCUT2D eigenvalue weighted by Gasteiger charge is 2.30. The van der Waals surface area contributed by atoms with Crippen LogP contribution in [0.15, 0.2) is 24.4 Å². The maximum Gasteiger partial charge on any atom is 0.407 e. The summed E-state index contributed by atoms with van der Waals surface area (Å²) in [5, 5.41) is 6.20. The van der Waals surface area contributed by atoms with Crippen LogP contribution in [0, 0.1) is 0 Å². The van der Waals surface area contributed by atoms with E-state index < -0.39 is 16.1 Å². The molecule has 2 aromatic heterocycles. The van der Waals surface area contributed by atoms with Gasteiger partial charge >= 0.3 is 6.09 Å². The summed E-state index contributed by atoms with van der Waals surface area (Å²) < 4.78 is 30.7. The number of alkyl carbamates (subject to hydrolysis) is 1. The zero-order chi connectivity index (χ0) is 26.0. The van der Waals surface area contributed by atoms with Gasteiger partial charge in [-0.05, 0) is 38.0 Å². The fourth-order valence-corrected chi connectivity index (χ4v) is 4.58. The summed E-state index contributed by atoms with van der Waals surface area (Å²) in [5.41, 5.74) is 2.24. The number of carbonyl (C=O) groups is 1. The molecule has 11 nitrogen and oxygen atoms in total. The van der Waals surface area contributed by atoms with Crippen molar-refractivity contribution in [3.8, 4) is 22.6 Å². The Balaban J connectivity index is 1.70. The van der Waals surface area contributed by atoms with Crippen LogP contribution in [0.4, 0.5) is 16.4 Å². The van der Waals surface area contributed by atoms with Crippen LogP contribution in [0.2, 0.25) is 10.0 Å². The third-order valence-electron chi connectivity index (χ3n) is 5.30. The monoisotopic (exact) mass is 553 g/mol. The smallest absolute Gasteiger partial charge is 0.407 e. The van der Waals surface area contributed by atoms with Crippen molar-refractivity contribution in [2.45, 2.75) is 31.7 Å². The number of halogens is 2. The molecular formula is C22H25Cl2N7O4S. The molecule has 0 bridgehead atoms. The van der Waals surface area contributed by atoms with Gasteiger partial charge in [-0.2, -0.15) is 0 Å². The molecule has 0 radical (unpaired) electrons. The first-order chi connectivity index (χ1) is 17.0. The molecule has 1 saturated carbocycles. The van der Waals surface area contributed by atoms with Gasteiger partial charge < -0.3 is 20.4 Å². The summed E-state index contributed by atoms with van der Waals surface area (Å²) in [4.78, 5) is 28.4. The summed E-state index contributed by atoms with van der Waals surface area (Å²) in [6.45, 7) is 2.17. The number of carbonyl (C=O) groups excluding carboxylic acids is 1. The maximum absolute atomic E-state index is 11.8. The average molecular weight is 554 g/mol. The Morgan fingerprint density at radius 3 is 2.69 bits per heavy atom. The highest BCUT2D eigenvalue weighted by molar-refractivity contribution is 7.92. The van der Waals surface area contributed by atoms with Gasteiger partial charge in [-0.25, -0.2) is 28.2 Å². The molecule has 0 aliphatic heterocycles. The first-order valence-corrected chi connectivity index (χ1v) is 13.7. The Labute approximate surface area is 218 Å². The van der Waals surface area contributed by atoms with Crippen molar-refractivity contribution in [2.24, 2.45) is 0 Å². The molecular weight excluding hydrogens is 529 g/mol. The lowest BCUT2D eigenvalue weighted by Gasteiger charge is -2.14. The van der Waals surface area contributed by atoms with Crippen molar-refractivity contribution in [1.29, 1.82) is 0 Å². The fraction of sp³-hybridized carbons (Fsp3) is 0.364. The number of ether oxygens (including phenoxy) is 1. The van der Waals surface area contributed by atoms with Gasteiger partial charge in [0.1, 0.15) is 5.82 Å². The zero-order valence-electron chi connectivity index (χ0n) is 19.7. The number of anilines is 2. The number of nitrogens with zero attached hydrogens (tertiary/aromatic N) is 3. The Bertz CT molecular complexity index is 1390. The number of amides is 1. The number of benzene rings is 1. The van der Waals surface area contributed by atoms with Crippen molar-refractivity contribution < 1.29 is 17.9 Å². The molecule has 3 aromatic rings. The molecule has 1 fully saturated rings. The van der Waals surface area contributed by atoms with Crippen LogP contribution in [-0.2, 0) is 14.8 Å². The second kappa shape index (κ2) is 10.5. The number of H-pyrrole nitrogens is 1. The standard InChI is InChI=1S/C22H25Cl2N7O4S/c1-11(27-22(32)35-2)10-26-21-25-7-6-15(28-21)19-18(29-20(30-19)12-4-5-12)14-8-13(23)9-16(17(14)24)31-36(3,33)34/h6-9,11-12,31H,4-5,10H2,1-3H3,(H,27,32)(H,29,30)(H,25,26,28)/t11-/m0/s1. The van der Waals surface area contributed by atoms with Crippen molar-refractivity contribution in [3.63, 3.8) is 0 Å². The molecule has 0 spiro atoms. The third-order valence-corrected chi connectivity index (χ3v) is 6.52. The van der Waals surface area contributed by atoms with Crippen molar-refractivity contribution in [2.75, 3.05) is 29.9 Å². The maximum atomic E-state index is 11.8. The molecule has 1 aliphatic rings. The number of imidazole rings is 1. The van der Waals surface area contributed by atoms with Gasteiger partial charge in [0.25, 0.3) is 0 Å². The van der Waals surface area contributed by atoms with Crippen LogP contribution >= 0.6 is 23.2 Å². The number of methoxy groups -OCH3 is 1. The number of aromatic amines is 1. The molecule has 0 unspecified atom stereocenters. The lowest BCUT2D eigenvalue weighted by atomic mass is 10.1. The quantitative estimate of drug-likeness (QED) is 0.307. The number of hydrogen-bond acceptors (Lipinski definition) is 8. The Kier molecular flexibility index (Phi) is 7.57. The number of aromatic nitrogens is 4. The van der Waals surface area contributed by atoms with E-state index in [9.17, 15) is 13.2 Å². The van der Waals surface area contributed by atoms with Crippen LogP contribution in [0.3, 0.4) is 0 Å². The highest BCUT2D eigenvalue weighted by atomic mass is 35.5. The normalized spacial score (nSPS) is 14.2. The van der Waals surface area contributed by atoms with Gasteiger partial charge in [0, 0.05) is 35.3 Å². The summed E-state index contributed by atoms with van der Waals surface area (Å²) in [5.74, 6) is 1.43. The van der Waals surface area contributed by atoms with E-state index in [0.29, 0.717) is 46.1 Å². The largest absolute Gasteiger partial charge is 0.453 e. The fourth-order valence-electron chi connectivity index (χ4n) is 3.50. The van der Waals surface area contributed by atoms with Crippen LogP contribution in [0.1, 0.15) is 31.5 Å². The van der Waals surface area contributed by atoms with E-state index >= 15 is 0 Å². The minimum atomic E-state index is -3.59. The second-order valence-corrected chi connectivity index (χ2v) is 11.1. The Morgan fingerprint density at radius 1 is 1.28 bits per heavy atom. The van der Waals surface area contributed by atoms with E-state index in [4.69, 9.17) is 28.2 Å². The number of hydrogen-bond donors (Lipinski definition) is 4. The molecule has 4 rings (SSSR count). The SMILES string of the molecule is COC(=O)N[C@@H](C)CNc1nccc(-c2[nH]c(C3CC3)nc2-c2cc(Cl)cc(NS(C)(=O)=O)c2Cl)n1. The molecule has 4 N–H and O–H groups in total. The minimum Gasteiger partial charge on any atom is -0.453 e. The van der Waals surface area contributed by atoms with Crippen molar-refractivity contribution in [3.05, 3.63) is 40.3 Å². The first-order valence-electron chi connectivity index (χ1n) is 11.0. The van der Waals surface area contributed by atoms with Crippen LogP contribution in [0.25, 0.3) is 22.6 Å². The molecule has 1 aliphatic carbocycles. The molecule has 36 heavy (non-hydrogen) atoms. The van der Waals surface area contributed by atoms with E-state index in [1.165, 1.54) is 13.2 Å². The van der Waals surface area contributed by atoms with Gasteiger partial charge in [-0.1, -0.05) is 23.2 Å². The van der Waals surface area contributed by atoms with Crippen LogP contribution in [-0.4, -0.2) is 60.4 Å². The molecule has 1 atom stereocenters.